The molecule has 128 valence electrons. The third-order valence-electron chi connectivity index (χ3n) is 4.75. The van der Waals surface area contributed by atoms with Gasteiger partial charge in [-0.15, -0.1) is 0 Å². The van der Waals surface area contributed by atoms with E-state index in [9.17, 15) is 4.79 Å². The summed E-state index contributed by atoms with van der Waals surface area (Å²) >= 11 is 0. The SMILES string of the molecule is O=C(Cn1cnc2ccccc21)N[C@H]1COC[C@@H]1N1CCOCC1. The van der Waals surface area contributed by atoms with Gasteiger partial charge in [-0.05, 0) is 12.1 Å². The van der Waals surface area contributed by atoms with Crippen LogP contribution in [0.3, 0.4) is 0 Å². The van der Waals surface area contributed by atoms with E-state index in [1.807, 2.05) is 28.8 Å². The number of fused-ring (bicyclic) bond motifs is 1. The van der Waals surface area contributed by atoms with E-state index < -0.39 is 0 Å². The highest BCUT2D eigenvalue weighted by Gasteiger charge is 2.34. The molecule has 0 spiro atoms. The van der Waals surface area contributed by atoms with Crippen LogP contribution in [0.2, 0.25) is 0 Å². The summed E-state index contributed by atoms with van der Waals surface area (Å²) in [6.07, 6.45) is 1.72. The van der Waals surface area contributed by atoms with Gasteiger partial charge in [0.2, 0.25) is 5.91 Å². The van der Waals surface area contributed by atoms with Crippen LogP contribution in [0.1, 0.15) is 0 Å². The molecule has 24 heavy (non-hydrogen) atoms. The average Bonchev–Trinajstić information content (AvgIpc) is 3.23. The Hall–Kier alpha value is -1.96. The van der Waals surface area contributed by atoms with E-state index in [1.165, 1.54) is 0 Å². The highest BCUT2D eigenvalue weighted by molar-refractivity contribution is 5.80. The summed E-state index contributed by atoms with van der Waals surface area (Å²) in [6.45, 7) is 4.79. The Kier molecular flexibility index (Phi) is 4.46. The van der Waals surface area contributed by atoms with Crippen molar-refractivity contribution in [1.29, 1.82) is 0 Å². The quantitative estimate of drug-likeness (QED) is 0.870. The number of carbonyl (C=O) groups excluding carboxylic acids is 1. The fraction of sp³-hybridized carbons (Fsp3) is 0.529. The first-order valence-corrected chi connectivity index (χ1v) is 8.40. The second kappa shape index (κ2) is 6.88. The van der Waals surface area contributed by atoms with E-state index in [0.29, 0.717) is 13.2 Å². The zero-order chi connectivity index (χ0) is 16.4. The predicted molar refractivity (Wildman–Crippen MR) is 88.7 cm³/mol. The molecule has 4 rings (SSSR count). The van der Waals surface area contributed by atoms with E-state index >= 15 is 0 Å². The van der Waals surface area contributed by atoms with Gasteiger partial charge in [-0.2, -0.15) is 0 Å². The minimum absolute atomic E-state index is 0.00749. The number of imidazole rings is 1. The van der Waals surface area contributed by atoms with Crippen molar-refractivity contribution in [3.8, 4) is 0 Å². The van der Waals surface area contributed by atoms with Gasteiger partial charge in [0.25, 0.3) is 0 Å². The molecule has 1 aromatic heterocycles. The third kappa shape index (κ3) is 3.15. The first-order valence-electron chi connectivity index (χ1n) is 8.40. The molecule has 0 saturated carbocycles. The second-order valence-corrected chi connectivity index (χ2v) is 6.29. The number of nitrogens with one attached hydrogen (secondary N) is 1. The number of ether oxygens (including phenoxy) is 2. The first-order chi connectivity index (χ1) is 11.8. The Morgan fingerprint density at radius 1 is 1.21 bits per heavy atom. The molecule has 0 aliphatic carbocycles. The van der Waals surface area contributed by atoms with Crippen molar-refractivity contribution in [2.45, 2.75) is 18.6 Å². The molecule has 2 fully saturated rings. The molecular weight excluding hydrogens is 308 g/mol. The molecule has 2 aromatic rings. The topological polar surface area (TPSA) is 68.6 Å². The fourth-order valence-corrected chi connectivity index (χ4v) is 3.49. The van der Waals surface area contributed by atoms with Gasteiger partial charge >= 0.3 is 0 Å². The van der Waals surface area contributed by atoms with E-state index in [-0.39, 0.29) is 24.5 Å². The van der Waals surface area contributed by atoms with Crippen LogP contribution in [0, 0.1) is 0 Å². The molecule has 2 aliphatic rings. The Balaban J connectivity index is 1.40. The molecule has 7 nitrogen and oxygen atoms in total. The maximum Gasteiger partial charge on any atom is 0.240 e. The van der Waals surface area contributed by atoms with Crippen LogP contribution >= 0.6 is 0 Å². The Morgan fingerprint density at radius 2 is 2.04 bits per heavy atom. The summed E-state index contributed by atoms with van der Waals surface area (Å²) in [5.41, 5.74) is 1.88. The first kappa shape index (κ1) is 15.6. The number of benzene rings is 1. The minimum Gasteiger partial charge on any atom is -0.379 e. The molecule has 2 atom stereocenters. The monoisotopic (exact) mass is 330 g/mol. The number of carbonyl (C=O) groups is 1. The van der Waals surface area contributed by atoms with Crippen molar-refractivity contribution in [3.63, 3.8) is 0 Å². The highest BCUT2D eigenvalue weighted by Crippen LogP contribution is 2.16. The highest BCUT2D eigenvalue weighted by atomic mass is 16.5. The largest absolute Gasteiger partial charge is 0.379 e. The number of rotatable bonds is 4. The second-order valence-electron chi connectivity index (χ2n) is 6.29. The number of para-hydroxylation sites is 2. The van der Waals surface area contributed by atoms with Gasteiger partial charge in [0.05, 0.1) is 55.9 Å². The van der Waals surface area contributed by atoms with E-state index in [4.69, 9.17) is 9.47 Å². The van der Waals surface area contributed by atoms with Crippen LogP contribution in [-0.4, -0.2) is 72.0 Å². The summed E-state index contributed by atoms with van der Waals surface area (Å²) in [7, 11) is 0. The van der Waals surface area contributed by atoms with E-state index in [1.54, 1.807) is 6.33 Å². The van der Waals surface area contributed by atoms with Crippen molar-refractivity contribution in [2.75, 3.05) is 39.5 Å². The van der Waals surface area contributed by atoms with Gasteiger partial charge < -0.3 is 19.4 Å². The maximum atomic E-state index is 12.5. The van der Waals surface area contributed by atoms with Gasteiger partial charge in [-0.25, -0.2) is 4.98 Å². The van der Waals surface area contributed by atoms with E-state index in [2.05, 4.69) is 15.2 Å². The van der Waals surface area contributed by atoms with Crippen LogP contribution in [0.5, 0.6) is 0 Å². The Labute approximate surface area is 140 Å². The van der Waals surface area contributed by atoms with Crippen molar-refractivity contribution in [2.24, 2.45) is 0 Å². The van der Waals surface area contributed by atoms with E-state index in [0.717, 1.165) is 37.3 Å². The molecule has 1 N–H and O–H groups in total. The van der Waals surface area contributed by atoms with Crippen molar-refractivity contribution in [1.82, 2.24) is 19.8 Å². The summed E-state index contributed by atoms with van der Waals surface area (Å²) in [6, 6.07) is 8.09. The van der Waals surface area contributed by atoms with Gasteiger partial charge in [0, 0.05) is 13.1 Å². The van der Waals surface area contributed by atoms with Crippen LogP contribution < -0.4 is 5.32 Å². The molecular formula is C17H22N4O3. The Morgan fingerprint density at radius 3 is 2.92 bits per heavy atom. The van der Waals surface area contributed by atoms with Crippen molar-refractivity contribution >= 4 is 16.9 Å². The molecule has 1 aromatic carbocycles. The lowest BCUT2D eigenvalue weighted by atomic mass is 10.1. The number of amides is 1. The average molecular weight is 330 g/mol. The molecule has 2 saturated heterocycles. The molecule has 0 radical (unpaired) electrons. The van der Waals surface area contributed by atoms with Gasteiger partial charge in [0.15, 0.2) is 0 Å². The van der Waals surface area contributed by atoms with Crippen LogP contribution in [-0.2, 0) is 20.8 Å². The van der Waals surface area contributed by atoms with Crippen molar-refractivity contribution < 1.29 is 14.3 Å². The number of hydrogen-bond acceptors (Lipinski definition) is 5. The zero-order valence-electron chi connectivity index (χ0n) is 13.6. The van der Waals surface area contributed by atoms with Gasteiger partial charge in [0.1, 0.15) is 6.54 Å². The fourth-order valence-electron chi connectivity index (χ4n) is 3.49. The molecule has 7 heteroatoms. The Bertz CT molecular complexity index is 711. The minimum atomic E-state index is -0.00749. The van der Waals surface area contributed by atoms with Crippen LogP contribution in [0.4, 0.5) is 0 Å². The summed E-state index contributed by atoms with van der Waals surface area (Å²) in [5.74, 6) is -0.00749. The number of nitrogens with zero attached hydrogens (tertiary/aromatic N) is 3. The lowest BCUT2D eigenvalue weighted by molar-refractivity contribution is -0.122. The summed E-state index contributed by atoms with van der Waals surface area (Å²) < 4.78 is 12.9. The van der Waals surface area contributed by atoms with Crippen molar-refractivity contribution in [3.05, 3.63) is 30.6 Å². The van der Waals surface area contributed by atoms with Gasteiger partial charge in [-0.1, -0.05) is 12.1 Å². The molecule has 1 amide bonds. The molecule has 0 bridgehead atoms. The molecule has 2 aliphatic heterocycles. The van der Waals surface area contributed by atoms with Gasteiger partial charge in [-0.3, -0.25) is 9.69 Å². The standard InChI is InChI=1S/C17H22N4O3/c22-17(9-21-12-18-13-3-1-2-4-15(13)21)19-14-10-24-11-16(14)20-5-7-23-8-6-20/h1-4,12,14,16H,5-11H2,(H,19,22)/t14-,16-/m0/s1. The maximum absolute atomic E-state index is 12.5. The van der Waals surface area contributed by atoms with Crippen LogP contribution in [0.25, 0.3) is 11.0 Å². The lowest BCUT2D eigenvalue weighted by Gasteiger charge is -2.34. The normalized spacial score (nSPS) is 25.2. The summed E-state index contributed by atoms with van der Waals surface area (Å²) in [4.78, 5) is 19.2. The number of morpholine rings is 1. The molecule has 3 heterocycles. The smallest absolute Gasteiger partial charge is 0.240 e. The summed E-state index contributed by atoms with van der Waals surface area (Å²) in [5, 5.41) is 3.13. The molecule has 0 unspecified atom stereocenters. The zero-order valence-corrected chi connectivity index (χ0v) is 13.6. The lowest BCUT2D eigenvalue weighted by Crippen LogP contribution is -2.54. The number of aromatic nitrogens is 2. The predicted octanol–water partition coefficient (Wildman–Crippen LogP) is 0.252. The van der Waals surface area contributed by atoms with Crippen LogP contribution in [0.15, 0.2) is 30.6 Å². The third-order valence-corrected chi connectivity index (χ3v) is 4.75. The number of hydrogen-bond donors (Lipinski definition) is 1.